The van der Waals surface area contributed by atoms with Crippen molar-refractivity contribution >= 4 is 43.3 Å². The summed E-state index contributed by atoms with van der Waals surface area (Å²) in [5, 5.41) is 2.15. The molecule has 0 saturated heterocycles. The lowest BCUT2D eigenvalue weighted by molar-refractivity contribution is -0.115. The molecule has 4 nitrogen and oxygen atoms in total. The quantitative estimate of drug-likeness (QED) is 0.842. The molecule has 2 aromatic heterocycles. The number of nitrogens with zero attached hydrogens (tertiary/aromatic N) is 2. The molecule has 0 spiro atoms. The van der Waals surface area contributed by atoms with Crippen LogP contribution in [0.3, 0.4) is 0 Å². The van der Waals surface area contributed by atoms with Gasteiger partial charge in [0.1, 0.15) is 16.8 Å². The molecule has 2 aromatic rings. The monoisotopic (exact) mass is 399 g/mol. The summed E-state index contributed by atoms with van der Waals surface area (Å²) in [5.74, 6) is 0.0414. The number of rotatable bonds is 2. The highest BCUT2D eigenvalue weighted by atomic mass is 79.9. The number of anilines is 1. The fourth-order valence-electron chi connectivity index (χ4n) is 1.37. The minimum Gasteiger partial charge on any atom is -0.361 e. The minimum atomic E-state index is -4.33. The third-order valence-corrected chi connectivity index (χ3v) is 3.48. The molecule has 0 unspecified atom stereocenters. The Morgan fingerprint density at radius 1 is 1.37 bits per heavy atom. The van der Waals surface area contributed by atoms with Gasteiger partial charge in [0.2, 0.25) is 5.43 Å². The lowest BCUT2D eigenvalue weighted by Crippen LogP contribution is -2.22. The normalized spacial score (nSPS) is 11.8. The fraction of sp³-hybridized carbons (Fsp3) is 0.200. The maximum Gasteiger partial charge on any atom is 0.405 e. The van der Waals surface area contributed by atoms with Gasteiger partial charge in [-0.3, -0.25) is 4.79 Å². The first-order chi connectivity index (χ1) is 8.78. The van der Waals surface area contributed by atoms with Crippen molar-refractivity contribution in [2.75, 3.05) is 11.9 Å². The highest BCUT2D eigenvalue weighted by Gasteiger charge is 2.26. The van der Waals surface area contributed by atoms with E-state index in [1.165, 1.54) is 22.9 Å². The van der Waals surface area contributed by atoms with Gasteiger partial charge in [0, 0.05) is 12.4 Å². The van der Waals surface area contributed by atoms with Crippen molar-refractivity contribution in [1.29, 1.82) is 0 Å². The van der Waals surface area contributed by atoms with E-state index in [-0.39, 0.29) is 21.4 Å². The maximum atomic E-state index is 12.1. The van der Waals surface area contributed by atoms with Crippen molar-refractivity contribution in [3.05, 3.63) is 37.6 Å². The molecule has 9 heteroatoms. The zero-order chi connectivity index (χ0) is 14.2. The van der Waals surface area contributed by atoms with Crippen LogP contribution in [0, 0.1) is 0 Å². The number of halogens is 5. The van der Waals surface area contributed by atoms with E-state index in [0.717, 1.165) is 0 Å². The van der Waals surface area contributed by atoms with Crippen molar-refractivity contribution < 1.29 is 13.2 Å². The Kier molecular flexibility index (Phi) is 3.86. The first kappa shape index (κ1) is 14.3. The lowest BCUT2D eigenvalue weighted by Gasteiger charge is -2.10. The molecule has 1 N–H and O–H groups in total. The van der Waals surface area contributed by atoms with Crippen LogP contribution in [0.25, 0.3) is 5.65 Å². The van der Waals surface area contributed by atoms with E-state index in [0.29, 0.717) is 4.47 Å². The third kappa shape index (κ3) is 3.27. The summed E-state index contributed by atoms with van der Waals surface area (Å²) in [4.78, 5) is 15.6. The van der Waals surface area contributed by atoms with Crippen LogP contribution in [-0.2, 0) is 0 Å². The van der Waals surface area contributed by atoms with Gasteiger partial charge >= 0.3 is 6.18 Å². The Hall–Kier alpha value is -1.09. The standard InChI is InChI=1S/C10H6Br2F3N3O/c11-5-3-18-2-1-6(16-4-10(13,14)15)17-9(18)7(12)8(5)19/h1-3H,4H2,(H,16,17). The molecule has 19 heavy (non-hydrogen) atoms. The van der Waals surface area contributed by atoms with Crippen LogP contribution < -0.4 is 10.7 Å². The second-order valence-electron chi connectivity index (χ2n) is 3.63. The van der Waals surface area contributed by atoms with Crippen molar-refractivity contribution in [3.8, 4) is 0 Å². The summed E-state index contributed by atoms with van der Waals surface area (Å²) in [6.07, 6.45) is -1.33. The van der Waals surface area contributed by atoms with Crippen molar-refractivity contribution in [2.45, 2.75) is 6.18 Å². The highest BCUT2D eigenvalue weighted by molar-refractivity contribution is 9.11. The van der Waals surface area contributed by atoms with Gasteiger partial charge in [-0.05, 0) is 37.9 Å². The van der Waals surface area contributed by atoms with Crippen molar-refractivity contribution in [1.82, 2.24) is 9.38 Å². The predicted octanol–water partition coefficient (Wildman–Crippen LogP) is 3.19. The van der Waals surface area contributed by atoms with Crippen LogP contribution in [0.2, 0.25) is 0 Å². The predicted molar refractivity (Wildman–Crippen MR) is 71.4 cm³/mol. The number of hydrogen-bond donors (Lipinski definition) is 1. The number of aromatic nitrogens is 2. The Bertz CT molecular complexity index is 684. The Labute approximate surface area is 121 Å². The average Bonchev–Trinajstić information content (AvgIpc) is 2.33. The van der Waals surface area contributed by atoms with E-state index in [2.05, 4.69) is 42.2 Å². The van der Waals surface area contributed by atoms with E-state index in [4.69, 9.17) is 0 Å². The summed E-state index contributed by atoms with van der Waals surface area (Å²) in [7, 11) is 0. The van der Waals surface area contributed by atoms with E-state index >= 15 is 0 Å². The molecule has 2 rings (SSSR count). The van der Waals surface area contributed by atoms with E-state index in [1.807, 2.05) is 0 Å². The van der Waals surface area contributed by atoms with Crippen LogP contribution in [0.5, 0.6) is 0 Å². The zero-order valence-corrected chi connectivity index (χ0v) is 12.3. The van der Waals surface area contributed by atoms with Crippen LogP contribution >= 0.6 is 31.9 Å². The van der Waals surface area contributed by atoms with Gasteiger partial charge in [0.15, 0.2) is 5.65 Å². The minimum absolute atomic E-state index is 0.0414. The number of hydrogen-bond acceptors (Lipinski definition) is 3. The summed E-state index contributed by atoms with van der Waals surface area (Å²) in [5.41, 5.74) is -0.0826. The second-order valence-corrected chi connectivity index (χ2v) is 5.28. The second kappa shape index (κ2) is 5.12. The highest BCUT2D eigenvalue weighted by Crippen LogP contribution is 2.19. The topological polar surface area (TPSA) is 46.4 Å². The molecule has 0 bridgehead atoms. The van der Waals surface area contributed by atoms with Gasteiger partial charge in [-0.2, -0.15) is 13.2 Å². The van der Waals surface area contributed by atoms with Gasteiger partial charge in [-0.15, -0.1) is 0 Å². The number of fused-ring (bicyclic) bond motifs is 1. The van der Waals surface area contributed by atoms with Crippen molar-refractivity contribution in [2.24, 2.45) is 0 Å². The summed E-state index contributed by atoms with van der Waals surface area (Å²) in [6, 6.07) is 1.39. The van der Waals surface area contributed by atoms with E-state index in [1.54, 1.807) is 0 Å². The zero-order valence-electron chi connectivity index (χ0n) is 9.13. The average molecular weight is 401 g/mol. The van der Waals surface area contributed by atoms with Gasteiger partial charge < -0.3 is 9.72 Å². The first-order valence-electron chi connectivity index (χ1n) is 4.95. The van der Waals surface area contributed by atoms with Gasteiger partial charge in [0.25, 0.3) is 0 Å². The Morgan fingerprint density at radius 3 is 2.68 bits per heavy atom. The molecule has 0 saturated carbocycles. The molecule has 0 aliphatic rings. The van der Waals surface area contributed by atoms with Gasteiger partial charge in [-0.1, -0.05) is 0 Å². The molecule has 0 fully saturated rings. The smallest absolute Gasteiger partial charge is 0.361 e. The molecule has 0 amide bonds. The van der Waals surface area contributed by atoms with Crippen LogP contribution in [-0.4, -0.2) is 22.1 Å². The molecule has 0 atom stereocenters. The van der Waals surface area contributed by atoms with Crippen LogP contribution in [0.15, 0.2) is 32.2 Å². The van der Waals surface area contributed by atoms with Crippen LogP contribution in [0.4, 0.5) is 19.0 Å². The lowest BCUT2D eigenvalue weighted by atomic mass is 10.4. The molecule has 0 aliphatic heterocycles. The Balaban J connectivity index is 2.43. The fourth-order valence-corrected chi connectivity index (χ4v) is 2.57. The van der Waals surface area contributed by atoms with Gasteiger partial charge in [0.05, 0.1) is 4.47 Å². The number of pyridine rings is 1. The molecule has 0 aliphatic carbocycles. The van der Waals surface area contributed by atoms with Crippen molar-refractivity contribution in [3.63, 3.8) is 0 Å². The molecule has 2 heterocycles. The van der Waals surface area contributed by atoms with Crippen LogP contribution in [0.1, 0.15) is 0 Å². The molecule has 102 valence electrons. The molecular weight excluding hydrogens is 395 g/mol. The number of nitrogens with one attached hydrogen (secondary N) is 1. The molecular formula is C10H6Br2F3N3O. The van der Waals surface area contributed by atoms with E-state index in [9.17, 15) is 18.0 Å². The third-order valence-electron chi connectivity index (χ3n) is 2.20. The van der Waals surface area contributed by atoms with E-state index < -0.39 is 12.7 Å². The van der Waals surface area contributed by atoms with Gasteiger partial charge in [-0.25, -0.2) is 4.98 Å². The largest absolute Gasteiger partial charge is 0.405 e. The maximum absolute atomic E-state index is 12.1. The summed E-state index contributed by atoms with van der Waals surface area (Å²) < 4.78 is 38.3. The first-order valence-corrected chi connectivity index (χ1v) is 6.54. The summed E-state index contributed by atoms with van der Waals surface area (Å²) >= 11 is 6.17. The Morgan fingerprint density at radius 2 is 2.05 bits per heavy atom. The molecule has 0 radical (unpaired) electrons. The number of alkyl halides is 3. The summed E-state index contributed by atoms with van der Waals surface area (Å²) in [6.45, 7) is -1.19. The SMILES string of the molecule is O=c1c(Br)cn2ccc(NCC(F)(F)F)nc2c1Br. The molecule has 0 aromatic carbocycles.